The number of carbonyl (C=O) groups excluding carboxylic acids is 1. The number of rotatable bonds is 8. The maximum Gasteiger partial charge on any atom is 0.264 e. The van der Waals surface area contributed by atoms with Gasteiger partial charge in [0.25, 0.3) is 10.0 Å². The van der Waals surface area contributed by atoms with Crippen LogP contribution in [0.2, 0.25) is 0 Å². The number of anilines is 1. The summed E-state index contributed by atoms with van der Waals surface area (Å²) in [5, 5.41) is 2.79. The van der Waals surface area contributed by atoms with Gasteiger partial charge in [-0.15, -0.1) is 0 Å². The lowest BCUT2D eigenvalue weighted by Gasteiger charge is -2.27. The second-order valence-electron chi connectivity index (χ2n) is 7.84. The average molecular weight is 471 g/mol. The first-order chi connectivity index (χ1) is 15.6. The normalized spacial score (nSPS) is 12.2. The molecule has 0 unspecified atom stereocenters. The first kappa shape index (κ1) is 24.3. The third-order valence-electron chi connectivity index (χ3n) is 5.25. The van der Waals surface area contributed by atoms with E-state index in [-0.39, 0.29) is 16.4 Å². The van der Waals surface area contributed by atoms with Gasteiger partial charge in [0, 0.05) is 0 Å². The van der Waals surface area contributed by atoms with E-state index in [1.807, 2.05) is 13.8 Å². The molecule has 3 rings (SSSR count). The predicted molar refractivity (Wildman–Crippen MR) is 126 cm³/mol. The lowest BCUT2D eigenvalue weighted by atomic mass is 10.1. The summed E-state index contributed by atoms with van der Waals surface area (Å²) in [6.45, 7) is 4.98. The number of benzene rings is 3. The summed E-state index contributed by atoms with van der Waals surface area (Å²) in [4.78, 5) is 13.0. The minimum atomic E-state index is -4.08. The molecular formula is C25H27FN2O4S. The van der Waals surface area contributed by atoms with E-state index in [0.717, 1.165) is 15.4 Å². The van der Waals surface area contributed by atoms with E-state index in [9.17, 15) is 17.6 Å². The molecule has 3 aromatic rings. The molecule has 0 aromatic heterocycles. The van der Waals surface area contributed by atoms with E-state index in [1.165, 1.54) is 31.4 Å². The smallest absolute Gasteiger partial charge is 0.264 e. The molecule has 174 valence electrons. The standard InChI is InChI=1S/C25H27FN2O4S/c1-17-5-12-22(13-6-17)33(30,31)28(23-15-18(2)7-14-24(23)32-4)16-25(29)27-19(3)20-8-10-21(26)11-9-20/h5-15,19H,16H2,1-4H3,(H,27,29)/t19-/m1/s1. The van der Waals surface area contributed by atoms with Gasteiger partial charge in [-0.1, -0.05) is 35.9 Å². The van der Waals surface area contributed by atoms with E-state index in [0.29, 0.717) is 11.3 Å². The van der Waals surface area contributed by atoms with Crippen LogP contribution in [-0.2, 0) is 14.8 Å². The van der Waals surface area contributed by atoms with Crippen LogP contribution in [0.25, 0.3) is 0 Å². The molecule has 0 aliphatic heterocycles. The molecule has 0 saturated heterocycles. The Hall–Kier alpha value is -3.39. The molecule has 3 aromatic carbocycles. The third kappa shape index (κ3) is 5.70. The van der Waals surface area contributed by atoms with Gasteiger partial charge in [0.2, 0.25) is 5.91 Å². The number of hydrogen-bond donors (Lipinski definition) is 1. The highest BCUT2D eigenvalue weighted by molar-refractivity contribution is 7.92. The highest BCUT2D eigenvalue weighted by Gasteiger charge is 2.30. The maximum atomic E-state index is 13.6. The topological polar surface area (TPSA) is 75.7 Å². The molecular weight excluding hydrogens is 443 g/mol. The van der Waals surface area contributed by atoms with Crippen LogP contribution >= 0.6 is 0 Å². The largest absolute Gasteiger partial charge is 0.495 e. The van der Waals surface area contributed by atoms with Crippen molar-refractivity contribution in [2.24, 2.45) is 0 Å². The number of amides is 1. The van der Waals surface area contributed by atoms with Gasteiger partial charge in [0.05, 0.1) is 23.7 Å². The van der Waals surface area contributed by atoms with Crippen LogP contribution in [0, 0.1) is 19.7 Å². The van der Waals surface area contributed by atoms with E-state index >= 15 is 0 Å². The Morgan fingerprint density at radius 1 is 1.00 bits per heavy atom. The molecule has 1 N–H and O–H groups in total. The Kier molecular flexibility index (Phi) is 7.38. The summed E-state index contributed by atoms with van der Waals surface area (Å²) in [6, 6.07) is 16.9. The Balaban J connectivity index is 1.97. The summed E-state index contributed by atoms with van der Waals surface area (Å²) >= 11 is 0. The van der Waals surface area contributed by atoms with E-state index in [2.05, 4.69) is 5.32 Å². The van der Waals surface area contributed by atoms with Crippen molar-refractivity contribution in [3.8, 4) is 5.75 Å². The average Bonchev–Trinajstić information content (AvgIpc) is 2.78. The summed E-state index contributed by atoms with van der Waals surface area (Å²) in [5.41, 5.74) is 2.70. The van der Waals surface area contributed by atoms with Gasteiger partial charge >= 0.3 is 0 Å². The van der Waals surface area contributed by atoms with Gasteiger partial charge in [-0.3, -0.25) is 9.10 Å². The first-order valence-electron chi connectivity index (χ1n) is 10.4. The van der Waals surface area contributed by atoms with Crippen LogP contribution in [0.3, 0.4) is 0 Å². The van der Waals surface area contributed by atoms with Crippen molar-refractivity contribution in [3.05, 3.63) is 89.2 Å². The SMILES string of the molecule is COc1ccc(C)cc1N(CC(=O)N[C@H](C)c1ccc(F)cc1)S(=O)(=O)c1ccc(C)cc1. The Labute approximate surface area is 194 Å². The van der Waals surface area contributed by atoms with Gasteiger partial charge < -0.3 is 10.1 Å². The van der Waals surface area contributed by atoms with Crippen molar-refractivity contribution < 1.29 is 22.3 Å². The molecule has 1 atom stereocenters. The molecule has 8 heteroatoms. The second-order valence-corrected chi connectivity index (χ2v) is 9.70. The second kappa shape index (κ2) is 10.0. The third-order valence-corrected chi connectivity index (χ3v) is 7.02. The molecule has 1 amide bonds. The first-order valence-corrected chi connectivity index (χ1v) is 11.8. The quantitative estimate of drug-likeness (QED) is 0.525. The molecule has 0 heterocycles. The molecule has 0 aliphatic carbocycles. The summed E-state index contributed by atoms with van der Waals surface area (Å²) in [7, 11) is -2.63. The van der Waals surface area contributed by atoms with Gasteiger partial charge in [-0.2, -0.15) is 0 Å². The zero-order valence-electron chi connectivity index (χ0n) is 19.0. The van der Waals surface area contributed by atoms with Crippen molar-refractivity contribution in [1.29, 1.82) is 0 Å². The van der Waals surface area contributed by atoms with Crippen LogP contribution in [0.1, 0.15) is 29.7 Å². The molecule has 6 nitrogen and oxygen atoms in total. The number of sulfonamides is 1. The van der Waals surface area contributed by atoms with Crippen LogP contribution in [-0.4, -0.2) is 28.0 Å². The fourth-order valence-corrected chi connectivity index (χ4v) is 4.81. The van der Waals surface area contributed by atoms with Gasteiger partial charge in [0.15, 0.2) is 0 Å². The lowest BCUT2D eigenvalue weighted by molar-refractivity contribution is -0.120. The minimum absolute atomic E-state index is 0.0658. The molecule has 0 aliphatic rings. The maximum absolute atomic E-state index is 13.6. The zero-order chi connectivity index (χ0) is 24.2. The van der Waals surface area contributed by atoms with Crippen molar-refractivity contribution in [2.45, 2.75) is 31.7 Å². The number of carbonyl (C=O) groups is 1. The number of ether oxygens (including phenoxy) is 1. The van der Waals surface area contributed by atoms with Gasteiger partial charge in [-0.05, 0) is 68.3 Å². The van der Waals surface area contributed by atoms with E-state index in [4.69, 9.17) is 4.74 Å². The number of nitrogens with zero attached hydrogens (tertiary/aromatic N) is 1. The molecule has 33 heavy (non-hydrogen) atoms. The Morgan fingerprint density at radius 2 is 1.61 bits per heavy atom. The molecule has 0 saturated carbocycles. The predicted octanol–water partition coefficient (Wildman–Crippen LogP) is 4.52. The highest BCUT2D eigenvalue weighted by Crippen LogP contribution is 2.33. The molecule has 0 radical (unpaired) electrons. The van der Waals surface area contributed by atoms with Crippen LogP contribution < -0.4 is 14.4 Å². The van der Waals surface area contributed by atoms with E-state index < -0.39 is 28.5 Å². The minimum Gasteiger partial charge on any atom is -0.495 e. The lowest BCUT2D eigenvalue weighted by Crippen LogP contribution is -2.41. The van der Waals surface area contributed by atoms with Gasteiger partial charge in [0.1, 0.15) is 18.1 Å². The Morgan fingerprint density at radius 3 is 2.21 bits per heavy atom. The van der Waals surface area contributed by atoms with Crippen molar-refractivity contribution in [3.63, 3.8) is 0 Å². The Bertz CT molecular complexity index is 1230. The summed E-state index contributed by atoms with van der Waals surface area (Å²) in [6.07, 6.45) is 0. The van der Waals surface area contributed by atoms with Crippen molar-refractivity contribution >= 4 is 21.6 Å². The zero-order valence-corrected chi connectivity index (χ0v) is 19.8. The molecule has 0 fully saturated rings. The van der Waals surface area contributed by atoms with Gasteiger partial charge in [-0.25, -0.2) is 12.8 Å². The van der Waals surface area contributed by atoms with Crippen LogP contribution in [0.5, 0.6) is 5.75 Å². The fourth-order valence-electron chi connectivity index (χ4n) is 3.38. The number of methoxy groups -OCH3 is 1. The van der Waals surface area contributed by atoms with Crippen LogP contribution in [0.4, 0.5) is 10.1 Å². The highest BCUT2D eigenvalue weighted by atomic mass is 32.2. The van der Waals surface area contributed by atoms with Crippen molar-refractivity contribution in [1.82, 2.24) is 5.32 Å². The number of nitrogens with one attached hydrogen (secondary N) is 1. The molecule has 0 bridgehead atoms. The summed E-state index contributed by atoms with van der Waals surface area (Å²) < 4.78 is 46.9. The number of aryl methyl sites for hydroxylation is 2. The number of halogens is 1. The molecule has 0 spiro atoms. The summed E-state index contributed by atoms with van der Waals surface area (Å²) in [5.74, 6) is -0.555. The van der Waals surface area contributed by atoms with E-state index in [1.54, 1.807) is 49.4 Å². The fraction of sp³-hybridized carbons (Fsp3) is 0.240. The monoisotopic (exact) mass is 470 g/mol. The number of hydrogen-bond acceptors (Lipinski definition) is 4. The van der Waals surface area contributed by atoms with Crippen LogP contribution in [0.15, 0.2) is 71.6 Å². The van der Waals surface area contributed by atoms with Crippen molar-refractivity contribution in [2.75, 3.05) is 18.0 Å².